The molecule has 0 fully saturated rings. The summed E-state index contributed by atoms with van der Waals surface area (Å²) in [5.74, 6) is 0. The largest absolute Gasteiger partial charge is 0.488 e. The average Bonchev–Trinajstić information content (AvgIpc) is 2.15. The van der Waals surface area contributed by atoms with Crippen molar-refractivity contribution in [1.29, 1.82) is 0 Å². The van der Waals surface area contributed by atoms with Crippen LogP contribution in [0.4, 0.5) is 0 Å². The molecule has 0 aromatic heterocycles. The molecule has 2 N–H and O–H groups in total. The normalized spacial score (nSPS) is 9.57. The predicted molar refractivity (Wildman–Crippen MR) is 51.3 cm³/mol. The molecule has 0 saturated heterocycles. The first-order valence-electron chi connectivity index (χ1n) is 3.82. The van der Waals surface area contributed by atoms with Crippen molar-refractivity contribution < 1.29 is 18.5 Å². The fourth-order valence-corrected chi connectivity index (χ4v) is 1.30. The Morgan fingerprint density at radius 2 is 1.93 bits per heavy atom. The van der Waals surface area contributed by atoms with E-state index >= 15 is 0 Å². The number of nitrogens with zero attached hydrogens (tertiary/aromatic N) is 1. The quantitative estimate of drug-likeness (QED) is 0.625. The minimum absolute atomic E-state index is 0.0795. The molecule has 0 unspecified atom stereocenters. The van der Waals surface area contributed by atoms with Crippen LogP contribution in [-0.2, 0) is 17.0 Å². The molecule has 0 aliphatic carbocycles. The van der Waals surface area contributed by atoms with Crippen LogP contribution in [0.5, 0.6) is 0 Å². The Labute approximate surface area is 82.9 Å². The Bertz CT molecular complexity index is 435. The molecule has 74 valence electrons. The van der Waals surface area contributed by atoms with E-state index in [0.29, 0.717) is 5.56 Å². The summed E-state index contributed by atoms with van der Waals surface area (Å²) in [4.78, 5) is 0. The molecule has 7 heteroatoms. The molecule has 0 atom stereocenters. The summed E-state index contributed by atoms with van der Waals surface area (Å²) in [6.45, 7) is -0.0795. The lowest BCUT2D eigenvalue weighted by Gasteiger charge is -2.04. The highest BCUT2D eigenvalue weighted by Gasteiger charge is 2.14. The molecule has 1 aromatic carbocycles. The van der Waals surface area contributed by atoms with Crippen molar-refractivity contribution in [2.24, 2.45) is 4.36 Å². The van der Waals surface area contributed by atoms with E-state index < -0.39 is 17.6 Å². The molecule has 1 aromatic rings. The minimum atomic E-state index is -2.48. The topological polar surface area (TPSA) is 87.0 Å². The first-order chi connectivity index (χ1) is 6.61. The molecule has 0 heterocycles. The molecule has 0 aliphatic rings. The van der Waals surface area contributed by atoms with Gasteiger partial charge in [0.05, 0.1) is 6.54 Å². The second-order valence-corrected chi connectivity index (χ2v) is 3.27. The molecule has 0 saturated carbocycles. The van der Waals surface area contributed by atoms with E-state index in [0.717, 1.165) is 0 Å². The van der Waals surface area contributed by atoms with Crippen LogP contribution in [0.15, 0.2) is 28.6 Å². The van der Waals surface area contributed by atoms with Crippen LogP contribution in [0.1, 0.15) is 5.56 Å². The predicted octanol–water partition coefficient (Wildman–Crippen LogP) is -1.07. The summed E-state index contributed by atoms with van der Waals surface area (Å²) in [5.41, 5.74) is 0.744. The van der Waals surface area contributed by atoms with Crippen LogP contribution in [0.3, 0.4) is 0 Å². The SMILES string of the molecule is O=S(=O)=NCc1ccccc1B(O)O. The molecular weight excluding hydrogens is 205 g/mol. The molecule has 0 bridgehead atoms. The van der Waals surface area contributed by atoms with Crippen molar-refractivity contribution in [1.82, 2.24) is 0 Å². The van der Waals surface area contributed by atoms with Gasteiger partial charge < -0.3 is 10.0 Å². The zero-order chi connectivity index (χ0) is 10.6. The summed E-state index contributed by atoms with van der Waals surface area (Å²) in [5, 5.41) is 17.9. The van der Waals surface area contributed by atoms with Crippen LogP contribution in [-0.4, -0.2) is 25.6 Å². The lowest BCUT2D eigenvalue weighted by atomic mass is 9.77. The highest BCUT2D eigenvalue weighted by Crippen LogP contribution is 1.98. The molecule has 0 radical (unpaired) electrons. The van der Waals surface area contributed by atoms with Gasteiger partial charge in [0.1, 0.15) is 0 Å². The van der Waals surface area contributed by atoms with E-state index in [1.54, 1.807) is 18.2 Å². The van der Waals surface area contributed by atoms with Crippen molar-refractivity contribution in [3.8, 4) is 0 Å². The number of hydrogen-bond donors (Lipinski definition) is 2. The zero-order valence-electron chi connectivity index (χ0n) is 7.16. The summed E-state index contributed by atoms with van der Waals surface area (Å²) >= 11 is 0. The Morgan fingerprint density at radius 1 is 1.29 bits per heavy atom. The van der Waals surface area contributed by atoms with Gasteiger partial charge in [-0.25, -0.2) is 0 Å². The molecule has 14 heavy (non-hydrogen) atoms. The first kappa shape index (κ1) is 10.9. The van der Waals surface area contributed by atoms with Gasteiger partial charge in [-0.1, -0.05) is 24.3 Å². The summed E-state index contributed by atoms with van der Waals surface area (Å²) in [6, 6.07) is 6.39. The van der Waals surface area contributed by atoms with Crippen molar-refractivity contribution in [2.75, 3.05) is 0 Å². The second kappa shape index (κ2) is 4.89. The lowest BCUT2D eigenvalue weighted by Crippen LogP contribution is -2.32. The van der Waals surface area contributed by atoms with Gasteiger partial charge in [-0.15, -0.1) is 0 Å². The van der Waals surface area contributed by atoms with Crippen molar-refractivity contribution >= 4 is 23.1 Å². The van der Waals surface area contributed by atoms with Gasteiger partial charge >= 0.3 is 17.6 Å². The Balaban J connectivity index is 3.01. The van der Waals surface area contributed by atoms with Crippen LogP contribution in [0.2, 0.25) is 0 Å². The monoisotopic (exact) mass is 213 g/mol. The molecule has 0 spiro atoms. The minimum Gasteiger partial charge on any atom is -0.423 e. The van der Waals surface area contributed by atoms with Gasteiger partial charge in [0.25, 0.3) is 0 Å². The number of rotatable bonds is 3. The van der Waals surface area contributed by atoms with E-state index in [4.69, 9.17) is 10.0 Å². The Morgan fingerprint density at radius 3 is 2.50 bits per heavy atom. The van der Waals surface area contributed by atoms with Crippen LogP contribution in [0.25, 0.3) is 0 Å². The number of hydrogen-bond acceptors (Lipinski definition) is 5. The summed E-state index contributed by atoms with van der Waals surface area (Å²) in [7, 11) is -4.09. The van der Waals surface area contributed by atoms with Crippen molar-refractivity contribution in [3.05, 3.63) is 29.8 Å². The van der Waals surface area contributed by atoms with E-state index in [1.807, 2.05) is 0 Å². The fraction of sp³-hybridized carbons (Fsp3) is 0.143. The van der Waals surface area contributed by atoms with E-state index in [-0.39, 0.29) is 12.0 Å². The van der Waals surface area contributed by atoms with E-state index in [9.17, 15) is 8.42 Å². The van der Waals surface area contributed by atoms with Crippen molar-refractivity contribution in [3.63, 3.8) is 0 Å². The maximum atomic E-state index is 10.2. The molecule has 0 aliphatic heterocycles. The highest BCUT2D eigenvalue weighted by atomic mass is 32.2. The van der Waals surface area contributed by atoms with Gasteiger partial charge in [0.2, 0.25) is 0 Å². The molecular formula is C7H8BNO4S. The van der Waals surface area contributed by atoms with Crippen LogP contribution >= 0.6 is 0 Å². The van der Waals surface area contributed by atoms with E-state index in [1.165, 1.54) is 6.07 Å². The maximum absolute atomic E-state index is 10.2. The van der Waals surface area contributed by atoms with Crippen molar-refractivity contribution in [2.45, 2.75) is 6.54 Å². The third-order valence-electron chi connectivity index (χ3n) is 1.67. The van der Waals surface area contributed by atoms with Gasteiger partial charge in [0, 0.05) is 0 Å². The molecule has 1 rings (SSSR count). The smallest absolute Gasteiger partial charge is 0.423 e. The third kappa shape index (κ3) is 2.95. The Hall–Kier alpha value is -1.18. The third-order valence-corrected chi connectivity index (χ3v) is 2.01. The maximum Gasteiger partial charge on any atom is 0.488 e. The molecule has 5 nitrogen and oxygen atoms in total. The standard InChI is InChI=1S/C7H8BNO4S/c10-8(11)7-4-2-1-3-6(7)5-9-14(12)13/h1-4,10-11H,5H2. The van der Waals surface area contributed by atoms with Crippen LogP contribution < -0.4 is 5.46 Å². The highest BCUT2D eigenvalue weighted by molar-refractivity contribution is 7.61. The van der Waals surface area contributed by atoms with Gasteiger partial charge in [0.15, 0.2) is 0 Å². The summed E-state index contributed by atoms with van der Waals surface area (Å²) in [6.07, 6.45) is 0. The Kier molecular flexibility index (Phi) is 3.81. The van der Waals surface area contributed by atoms with Gasteiger partial charge in [-0.2, -0.15) is 12.8 Å². The lowest BCUT2D eigenvalue weighted by molar-refractivity contribution is 0.425. The second-order valence-electron chi connectivity index (χ2n) is 2.58. The summed E-state index contributed by atoms with van der Waals surface area (Å²) < 4.78 is 23.6. The first-order valence-corrected chi connectivity index (χ1v) is 4.85. The van der Waals surface area contributed by atoms with Gasteiger partial charge in [-0.05, 0) is 11.0 Å². The van der Waals surface area contributed by atoms with Crippen LogP contribution in [0, 0.1) is 0 Å². The van der Waals surface area contributed by atoms with Gasteiger partial charge in [-0.3, -0.25) is 0 Å². The fourth-order valence-electron chi connectivity index (χ4n) is 1.05. The zero-order valence-corrected chi connectivity index (χ0v) is 7.98. The van der Waals surface area contributed by atoms with E-state index in [2.05, 4.69) is 4.36 Å². The average molecular weight is 213 g/mol. The molecule has 0 amide bonds. The number of benzene rings is 1.